The second kappa shape index (κ2) is 9.69. The van der Waals surface area contributed by atoms with Crippen LogP contribution in [0.2, 0.25) is 0 Å². The number of rotatable bonds is 6. The molecule has 1 aliphatic heterocycles. The number of pyridine rings is 1. The average Bonchev–Trinajstić information content (AvgIpc) is 2.83. The molecule has 0 spiro atoms. The number of hydrogen-bond acceptors (Lipinski definition) is 6. The van der Waals surface area contributed by atoms with Crippen molar-refractivity contribution in [2.45, 2.75) is 45.2 Å². The Hall–Kier alpha value is -3.40. The third-order valence-electron chi connectivity index (χ3n) is 6.90. The minimum absolute atomic E-state index is 0.0853. The maximum atomic E-state index is 15.1. The van der Waals surface area contributed by atoms with Crippen LogP contribution in [0.25, 0.3) is 11.0 Å². The van der Waals surface area contributed by atoms with Crippen molar-refractivity contribution in [2.24, 2.45) is 0 Å². The molecule has 2 aromatic heterocycles. The molecular weight excluding hydrogens is 454 g/mol. The number of carbonyl (C=O) groups excluding carboxylic acids is 1. The van der Waals surface area contributed by atoms with Crippen molar-refractivity contribution in [1.29, 1.82) is 0 Å². The lowest BCUT2D eigenvalue weighted by Crippen LogP contribution is -2.46. The van der Waals surface area contributed by atoms with Gasteiger partial charge < -0.3 is 15.2 Å². The van der Waals surface area contributed by atoms with Crippen LogP contribution in [0.1, 0.15) is 47.9 Å². The summed E-state index contributed by atoms with van der Waals surface area (Å²) in [5.74, 6) is -1.48. The summed E-state index contributed by atoms with van der Waals surface area (Å²) in [4.78, 5) is 39.1. The number of hydrogen-bond donors (Lipinski definition) is 2. The Labute approximate surface area is 201 Å². The van der Waals surface area contributed by atoms with Crippen molar-refractivity contribution in [2.75, 3.05) is 31.1 Å². The van der Waals surface area contributed by atoms with Crippen molar-refractivity contribution in [3.05, 3.63) is 63.3 Å². The molecule has 8 nitrogen and oxygen atoms in total. The maximum absolute atomic E-state index is 15.1. The minimum Gasteiger partial charge on any atom is -0.365 e. The molecule has 1 aliphatic carbocycles. The summed E-state index contributed by atoms with van der Waals surface area (Å²) < 4.78 is 29.8. The topological polar surface area (TPSA) is 94.2 Å². The molecule has 1 amide bonds. The van der Waals surface area contributed by atoms with Gasteiger partial charge in [0, 0.05) is 44.3 Å². The number of fused-ring (bicyclic) bond motifs is 1. The van der Waals surface area contributed by atoms with Crippen LogP contribution in [-0.4, -0.2) is 58.0 Å². The zero-order valence-corrected chi connectivity index (χ0v) is 19.6. The number of anilines is 1. The predicted octanol–water partition coefficient (Wildman–Crippen LogP) is 2.76. The van der Waals surface area contributed by atoms with E-state index >= 15 is 4.39 Å². The molecule has 184 valence electrons. The van der Waals surface area contributed by atoms with Crippen LogP contribution in [-0.2, 0) is 13.0 Å². The van der Waals surface area contributed by atoms with Crippen LogP contribution in [0, 0.1) is 11.8 Å². The summed E-state index contributed by atoms with van der Waals surface area (Å²) in [6, 6.07) is 6.75. The minimum atomic E-state index is -0.664. The first kappa shape index (κ1) is 23.3. The van der Waals surface area contributed by atoms with E-state index in [1.54, 1.807) is 24.3 Å². The molecule has 0 atom stereocenters. The van der Waals surface area contributed by atoms with Crippen LogP contribution in [0.4, 0.5) is 14.5 Å². The molecule has 1 aromatic carbocycles. The lowest BCUT2D eigenvalue weighted by molar-refractivity contribution is 0.0910. The maximum Gasteiger partial charge on any atom is 0.270 e. The zero-order valence-electron chi connectivity index (χ0n) is 19.6. The van der Waals surface area contributed by atoms with Crippen molar-refractivity contribution in [1.82, 2.24) is 25.2 Å². The number of H-pyrrole nitrogens is 1. The Bertz CT molecular complexity index is 1320. The van der Waals surface area contributed by atoms with Crippen LogP contribution >= 0.6 is 0 Å². The van der Waals surface area contributed by atoms with Gasteiger partial charge in [-0.2, -0.15) is 4.39 Å². The molecule has 35 heavy (non-hydrogen) atoms. The molecule has 0 radical (unpaired) electrons. The van der Waals surface area contributed by atoms with Gasteiger partial charge in [0.2, 0.25) is 5.95 Å². The highest BCUT2D eigenvalue weighted by Gasteiger charge is 2.24. The molecule has 0 unspecified atom stereocenters. The third-order valence-corrected chi connectivity index (χ3v) is 6.90. The van der Waals surface area contributed by atoms with E-state index in [9.17, 15) is 14.0 Å². The first-order valence-electron chi connectivity index (χ1n) is 12.1. The molecular formula is C25H28F2N6O2. The Morgan fingerprint density at radius 1 is 1.11 bits per heavy atom. The normalized spacial score (nSPS) is 16.9. The lowest BCUT2D eigenvalue weighted by atomic mass is 9.93. The second-order valence-electron chi connectivity index (χ2n) is 9.17. The van der Waals surface area contributed by atoms with Crippen LogP contribution in [0.5, 0.6) is 0 Å². The summed E-state index contributed by atoms with van der Waals surface area (Å²) in [7, 11) is 0. The number of carbonyl (C=O) groups is 1. The summed E-state index contributed by atoms with van der Waals surface area (Å²) in [6.45, 7) is 4.49. The smallest absolute Gasteiger partial charge is 0.270 e. The monoisotopic (exact) mass is 482 g/mol. The fourth-order valence-electron chi connectivity index (χ4n) is 4.55. The molecule has 3 heterocycles. The zero-order chi connectivity index (χ0) is 24.5. The van der Waals surface area contributed by atoms with Gasteiger partial charge >= 0.3 is 0 Å². The van der Waals surface area contributed by atoms with E-state index in [4.69, 9.17) is 0 Å². The number of aryl methyl sites for hydroxylation is 1. The van der Waals surface area contributed by atoms with Gasteiger partial charge in [-0.15, -0.1) is 0 Å². The number of benzene rings is 1. The van der Waals surface area contributed by atoms with Gasteiger partial charge in [-0.25, -0.2) is 14.4 Å². The van der Waals surface area contributed by atoms with Gasteiger partial charge in [0.25, 0.3) is 11.5 Å². The summed E-state index contributed by atoms with van der Waals surface area (Å²) in [6.07, 6.45) is 3.48. The van der Waals surface area contributed by atoms with Gasteiger partial charge in [-0.3, -0.25) is 14.5 Å². The van der Waals surface area contributed by atoms with Gasteiger partial charge in [0.15, 0.2) is 5.82 Å². The lowest BCUT2D eigenvalue weighted by Gasteiger charge is -2.36. The highest BCUT2D eigenvalue weighted by molar-refractivity contribution is 5.92. The molecule has 2 fully saturated rings. The van der Waals surface area contributed by atoms with E-state index in [1.807, 2.05) is 11.8 Å². The van der Waals surface area contributed by atoms with E-state index in [1.165, 1.54) is 0 Å². The SMILES string of the molecule is CCc1nc2ccc(CN3CCN(c4ccc(C(=O)NC5CCC5)nc4F)CC3)c(F)c2[nH]c1=O. The number of aromatic amines is 1. The van der Waals surface area contributed by atoms with Crippen molar-refractivity contribution in [3.8, 4) is 0 Å². The number of nitrogens with one attached hydrogen (secondary N) is 2. The summed E-state index contributed by atoms with van der Waals surface area (Å²) in [5.41, 5.74) is 1.49. The second-order valence-corrected chi connectivity index (χ2v) is 9.17. The first-order chi connectivity index (χ1) is 16.9. The summed E-state index contributed by atoms with van der Waals surface area (Å²) in [5, 5.41) is 2.87. The Balaban J connectivity index is 1.23. The van der Waals surface area contributed by atoms with E-state index in [0.717, 1.165) is 19.3 Å². The fourth-order valence-corrected chi connectivity index (χ4v) is 4.55. The molecule has 10 heteroatoms. The Morgan fingerprint density at radius 2 is 1.89 bits per heavy atom. The average molecular weight is 483 g/mol. The fraction of sp³-hybridized carbons (Fsp3) is 0.440. The van der Waals surface area contributed by atoms with Crippen molar-refractivity contribution < 1.29 is 13.6 Å². The van der Waals surface area contributed by atoms with E-state index in [-0.39, 0.29) is 28.7 Å². The highest BCUT2D eigenvalue weighted by Crippen LogP contribution is 2.23. The van der Waals surface area contributed by atoms with Crippen molar-refractivity contribution >= 4 is 22.6 Å². The Morgan fingerprint density at radius 3 is 2.54 bits per heavy atom. The third kappa shape index (κ3) is 4.75. The standard InChI is InChI=1S/C25H28F2N6O2/c1-2-17-24(34)31-22-18(29-17)7-6-15(21(22)26)14-32-10-12-33(13-11-32)20-9-8-19(30-23(20)27)25(35)28-16-4-3-5-16/h6-9,16H,2-5,10-14H2,1H3,(H,28,35)(H,31,34). The molecule has 3 aromatic rings. The number of aromatic nitrogens is 3. The molecule has 5 rings (SSSR count). The Kier molecular flexibility index (Phi) is 6.46. The van der Waals surface area contributed by atoms with Gasteiger partial charge in [-0.05, 0) is 43.9 Å². The summed E-state index contributed by atoms with van der Waals surface area (Å²) >= 11 is 0. The number of halogens is 2. The van der Waals surface area contributed by atoms with Crippen LogP contribution in [0.3, 0.4) is 0 Å². The molecule has 2 N–H and O–H groups in total. The highest BCUT2D eigenvalue weighted by atomic mass is 19.1. The van der Waals surface area contributed by atoms with Gasteiger partial charge in [0.1, 0.15) is 16.9 Å². The van der Waals surface area contributed by atoms with E-state index in [0.29, 0.717) is 61.6 Å². The van der Waals surface area contributed by atoms with Gasteiger partial charge in [-0.1, -0.05) is 13.0 Å². The van der Waals surface area contributed by atoms with Crippen LogP contribution in [0.15, 0.2) is 29.1 Å². The quantitative estimate of drug-likeness (QED) is 0.525. The first-order valence-corrected chi connectivity index (χ1v) is 12.1. The van der Waals surface area contributed by atoms with Crippen molar-refractivity contribution in [3.63, 3.8) is 0 Å². The van der Waals surface area contributed by atoms with E-state index in [2.05, 4.69) is 25.2 Å². The van der Waals surface area contributed by atoms with E-state index < -0.39 is 11.8 Å². The van der Waals surface area contributed by atoms with Gasteiger partial charge in [0.05, 0.1) is 11.2 Å². The number of nitrogens with zero attached hydrogens (tertiary/aromatic N) is 4. The molecule has 2 aliphatic rings. The number of piperazine rings is 1. The molecule has 0 bridgehead atoms. The number of amides is 1. The predicted molar refractivity (Wildman–Crippen MR) is 128 cm³/mol. The largest absolute Gasteiger partial charge is 0.365 e. The van der Waals surface area contributed by atoms with Crippen LogP contribution < -0.4 is 15.8 Å². The molecule has 1 saturated carbocycles. The molecule has 1 saturated heterocycles.